The fraction of sp³-hybridized carbons (Fsp3) is 0.294. The molecule has 0 saturated carbocycles. The summed E-state index contributed by atoms with van der Waals surface area (Å²) in [7, 11) is 0. The van der Waals surface area contributed by atoms with E-state index in [1.54, 1.807) is 0 Å². The van der Waals surface area contributed by atoms with Gasteiger partial charge in [0.2, 0.25) is 0 Å². The quantitative estimate of drug-likeness (QED) is 0.173. The zero-order chi connectivity index (χ0) is 51.7. The van der Waals surface area contributed by atoms with E-state index in [1.807, 2.05) is 6.20 Å². The summed E-state index contributed by atoms with van der Waals surface area (Å²) in [4.78, 5) is 10.8. The van der Waals surface area contributed by atoms with Gasteiger partial charge >= 0.3 is 0 Å². The van der Waals surface area contributed by atoms with Crippen LogP contribution in [-0.2, 0) is 27.1 Å². The molecule has 2 aromatic heterocycles. The Hall–Kier alpha value is -7.04. The zero-order valence-electron chi connectivity index (χ0n) is 45.4. The van der Waals surface area contributed by atoms with Crippen LogP contribution in [-0.4, -0.2) is 19.6 Å². The fourth-order valence-corrected chi connectivity index (χ4v) is 9.76. The van der Waals surface area contributed by atoms with Gasteiger partial charge in [-0.2, -0.15) is 0 Å². The highest BCUT2D eigenvalue weighted by Crippen LogP contribution is 2.46. The Labute approximate surface area is 429 Å². The highest BCUT2D eigenvalue weighted by atomic mass is 16.3. The van der Waals surface area contributed by atoms with E-state index in [1.165, 1.54) is 27.8 Å². The smallest absolute Gasteiger partial charge is 0.149 e. The standard InChI is InChI=1S/C68H73N3O/c1-64(2,3)50-30-28-46(29-31-50)55-40-51(65(4,5)6)32-33-59(55)71-60-23-19-22-54(61(60)70-63(71)56-41-53(67(10,11)12)42-57(62(56)72)68(13,14)15)48-36-49(38-52(37-48)66(7,8)9)58-39-47(34-35-69-58)45-26-24-44(25-27-45)43-20-17-16-18-21-43/h16-42,72H,1-15H3. The Kier molecular flexibility index (Phi) is 12.6. The molecule has 0 aliphatic carbocycles. The van der Waals surface area contributed by atoms with Crippen LogP contribution in [0.25, 0.3) is 83.9 Å². The maximum absolute atomic E-state index is 12.7. The predicted octanol–water partition coefficient (Wildman–Crippen LogP) is 18.6. The van der Waals surface area contributed by atoms with Crippen LogP contribution in [0.4, 0.5) is 0 Å². The molecule has 9 rings (SSSR count). The molecule has 9 aromatic rings. The van der Waals surface area contributed by atoms with Crippen molar-refractivity contribution in [2.24, 2.45) is 0 Å². The van der Waals surface area contributed by atoms with Crippen LogP contribution < -0.4 is 0 Å². The number of para-hydroxylation sites is 1. The minimum Gasteiger partial charge on any atom is -0.507 e. The molecule has 0 aliphatic rings. The van der Waals surface area contributed by atoms with Crippen molar-refractivity contribution in [1.82, 2.24) is 14.5 Å². The normalized spacial score (nSPS) is 12.7. The molecule has 0 spiro atoms. The SMILES string of the molecule is CC(C)(C)c1ccc(-c2cc(C(C)(C)C)ccc2-n2c(-c3cc(C(C)(C)C)cc(C(C)(C)C)c3O)nc3c(-c4cc(-c5cc(-c6ccc(-c7ccccc7)cc6)ccn5)cc(C(C)(C)C)c4)cccc32)cc1. The molecule has 1 N–H and O–H groups in total. The number of imidazole rings is 1. The van der Waals surface area contributed by atoms with Gasteiger partial charge in [0, 0.05) is 28.5 Å². The number of nitrogens with zero attached hydrogens (tertiary/aromatic N) is 3. The third-order valence-electron chi connectivity index (χ3n) is 14.4. The molecule has 7 aromatic carbocycles. The summed E-state index contributed by atoms with van der Waals surface area (Å²) in [6, 6.07) is 57.5. The molecule has 0 bridgehead atoms. The van der Waals surface area contributed by atoms with Crippen LogP contribution in [0.3, 0.4) is 0 Å². The van der Waals surface area contributed by atoms with Gasteiger partial charge in [-0.25, -0.2) is 4.98 Å². The van der Waals surface area contributed by atoms with Crippen LogP contribution in [0.1, 0.15) is 132 Å². The van der Waals surface area contributed by atoms with Gasteiger partial charge in [0.15, 0.2) is 0 Å². The molecule has 0 unspecified atom stereocenters. The van der Waals surface area contributed by atoms with Crippen LogP contribution in [0.15, 0.2) is 164 Å². The van der Waals surface area contributed by atoms with E-state index in [4.69, 9.17) is 9.97 Å². The van der Waals surface area contributed by atoms with Gasteiger partial charge in [-0.3, -0.25) is 9.55 Å². The second-order valence-corrected chi connectivity index (χ2v) is 25.1. The van der Waals surface area contributed by atoms with Gasteiger partial charge < -0.3 is 5.11 Å². The van der Waals surface area contributed by atoms with E-state index in [0.717, 1.165) is 72.5 Å². The number of fused-ring (bicyclic) bond motifs is 1. The second-order valence-electron chi connectivity index (χ2n) is 25.1. The van der Waals surface area contributed by atoms with E-state index < -0.39 is 0 Å². The van der Waals surface area contributed by atoms with Crippen molar-refractivity contribution >= 4 is 11.0 Å². The number of aromatic nitrogens is 3. The number of phenolic OH excluding ortho intramolecular Hbond substituents is 1. The van der Waals surface area contributed by atoms with E-state index in [0.29, 0.717) is 11.4 Å². The van der Waals surface area contributed by atoms with Gasteiger partial charge in [-0.15, -0.1) is 0 Å². The molecule has 0 radical (unpaired) electrons. The largest absolute Gasteiger partial charge is 0.507 e. The lowest BCUT2D eigenvalue weighted by Gasteiger charge is -2.28. The lowest BCUT2D eigenvalue weighted by molar-refractivity contribution is 0.446. The topological polar surface area (TPSA) is 50.9 Å². The molecule has 0 aliphatic heterocycles. The molecule has 0 amide bonds. The lowest BCUT2D eigenvalue weighted by Crippen LogP contribution is -2.17. The van der Waals surface area contributed by atoms with E-state index in [2.05, 4.69) is 266 Å². The Morgan fingerprint density at radius 1 is 0.375 bits per heavy atom. The minimum atomic E-state index is -0.336. The number of hydrogen-bond acceptors (Lipinski definition) is 3. The Bertz CT molecular complexity index is 3450. The van der Waals surface area contributed by atoms with Crippen molar-refractivity contribution in [3.05, 3.63) is 192 Å². The molecule has 366 valence electrons. The average molecular weight is 948 g/mol. The monoisotopic (exact) mass is 948 g/mol. The van der Waals surface area contributed by atoms with Crippen molar-refractivity contribution in [1.29, 1.82) is 0 Å². The molecule has 0 fully saturated rings. The van der Waals surface area contributed by atoms with Gasteiger partial charge in [0.25, 0.3) is 0 Å². The van der Waals surface area contributed by atoms with Crippen LogP contribution in [0.2, 0.25) is 0 Å². The zero-order valence-corrected chi connectivity index (χ0v) is 45.4. The van der Waals surface area contributed by atoms with Crippen molar-refractivity contribution < 1.29 is 5.11 Å². The highest BCUT2D eigenvalue weighted by Gasteiger charge is 2.30. The lowest BCUT2D eigenvalue weighted by atomic mass is 9.79. The summed E-state index contributed by atoms with van der Waals surface area (Å²) in [5.41, 5.74) is 19.4. The molecule has 0 saturated heterocycles. The van der Waals surface area contributed by atoms with Crippen LogP contribution in [0, 0.1) is 0 Å². The van der Waals surface area contributed by atoms with Gasteiger partial charge in [0.1, 0.15) is 11.6 Å². The van der Waals surface area contributed by atoms with Gasteiger partial charge in [0.05, 0.1) is 28.0 Å². The third kappa shape index (κ3) is 9.94. The summed E-state index contributed by atoms with van der Waals surface area (Å²) < 4.78 is 2.31. The Morgan fingerprint density at radius 3 is 1.53 bits per heavy atom. The van der Waals surface area contributed by atoms with Crippen molar-refractivity contribution in [3.8, 4) is 78.6 Å². The molecular weight excluding hydrogens is 875 g/mol. The first-order valence-electron chi connectivity index (χ1n) is 25.7. The second kappa shape index (κ2) is 18.2. The van der Waals surface area contributed by atoms with Crippen LogP contribution in [0.5, 0.6) is 5.75 Å². The van der Waals surface area contributed by atoms with Crippen molar-refractivity contribution in [3.63, 3.8) is 0 Å². The number of phenols is 1. The predicted molar refractivity (Wildman–Crippen MR) is 307 cm³/mol. The molecule has 2 heterocycles. The highest BCUT2D eigenvalue weighted by molar-refractivity contribution is 5.98. The first kappa shape index (κ1) is 49.9. The Balaban J connectivity index is 1.31. The van der Waals surface area contributed by atoms with E-state index >= 15 is 0 Å². The number of hydrogen-bond donors (Lipinski definition) is 1. The summed E-state index contributed by atoms with van der Waals surface area (Å²) >= 11 is 0. The number of rotatable bonds is 7. The first-order valence-corrected chi connectivity index (χ1v) is 25.7. The summed E-state index contributed by atoms with van der Waals surface area (Å²) in [6.07, 6.45) is 1.93. The molecule has 4 heteroatoms. The molecule has 4 nitrogen and oxygen atoms in total. The average Bonchev–Trinajstić information content (AvgIpc) is 3.72. The number of pyridine rings is 1. The summed E-state index contributed by atoms with van der Waals surface area (Å²) in [5.74, 6) is 0.955. The number of benzene rings is 7. The van der Waals surface area contributed by atoms with Gasteiger partial charge in [-0.05, 0) is 131 Å². The number of aromatic hydroxyl groups is 1. The Morgan fingerprint density at radius 2 is 0.917 bits per heavy atom. The van der Waals surface area contributed by atoms with Crippen molar-refractivity contribution in [2.45, 2.75) is 131 Å². The molecule has 0 atom stereocenters. The van der Waals surface area contributed by atoms with Crippen molar-refractivity contribution in [2.75, 3.05) is 0 Å². The maximum atomic E-state index is 12.7. The first-order chi connectivity index (χ1) is 33.8. The minimum absolute atomic E-state index is 0.0111. The summed E-state index contributed by atoms with van der Waals surface area (Å²) in [6.45, 7) is 33.7. The van der Waals surface area contributed by atoms with E-state index in [-0.39, 0.29) is 32.8 Å². The molecule has 72 heavy (non-hydrogen) atoms. The summed E-state index contributed by atoms with van der Waals surface area (Å²) in [5, 5.41) is 12.7. The van der Waals surface area contributed by atoms with E-state index in [9.17, 15) is 5.11 Å². The third-order valence-corrected chi connectivity index (χ3v) is 14.4. The molecular formula is C68H73N3O. The van der Waals surface area contributed by atoms with Gasteiger partial charge in [-0.1, -0.05) is 213 Å². The maximum Gasteiger partial charge on any atom is 0.149 e. The fourth-order valence-electron chi connectivity index (χ4n) is 9.76. The van der Waals surface area contributed by atoms with Crippen LogP contribution >= 0.6 is 0 Å².